The Bertz CT molecular complexity index is 582. The summed E-state index contributed by atoms with van der Waals surface area (Å²) in [5.74, 6) is 0. The third-order valence-electron chi connectivity index (χ3n) is 2.85. The summed E-state index contributed by atoms with van der Waals surface area (Å²) in [5.41, 5.74) is 9.44. The van der Waals surface area contributed by atoms with Crippen LogP contribution in [0, 0.1) is 10.5 Å². The molecule has 2 rings (SSSR count). The van der Waals surface area contributed by atoms with Crippen LogP contribution in [0.25, 0.3) is 0 Å². The molecular formula is C14H12Cl2IN. The number of hydrogen-bond donors (Lipinski definition) is 1. The van der Waals surface area contributed by atoms with Crippen molar-refractivity contribution in [2.45, 2.75) is 13.0 Å². The van der Waals surface area contributed by atoms with Crippen LogP contribution < -0.4 is 5.73 Å². The van der Waals surface area contributed by atoms with E-state index in [4.69, 9.17) is 28.9 Å². The van der Waals surface area contributed by atoms with Crippen LogP contribution in [0.4, 0.5) is 0 Å². The molecule has 2 N–H and O–H groups in total. The fourth-order valence-corrected chi connectivity index (χ4v) is 2.94. The molecule has 0 aliphatic heterocycles. The van der Waals surface area contributed by atoms with Crippen molar-refractivity contribution >= 4 is 45.8 Å². The molecule has 4 heteroatoms. The maximum atomic E-state index is 6.31. The van der Waals surface area contributed by atoms with Crippen molar-refractivity contribution in [3.8, 4) is 0 Å². The highest BCUT2D eigenvalue weighted by Gasteiger charge is 2.16. The smallest absolute Gasteiger partial charge is 0.0577 e. The van der Waals surface area contributed by atoms with Crippen molar-refractivity contribution in [2.24, 2.45) is 5.73 Å². The molecule has 0 aromatic heterocycles. The lowest BCUT2D eigenvalue weighted by Gasteiger charge is -2.17. The summed E-state index contributed by atoms with van der Waals surface area (Å²) in [6.45, 7) is 2.07. The van der Waals surface area contributed by atoms with E-state index in [1.807, 2.05) is 18.2 Å². The van der Waals surface area contributed by atoms with Crippen LogP contribution in [0.2, 0.25) is 10.0 Å². The lowest BCUT2D eigenvalue weighted by Crippen LogP contribution is -2.14. The van der Waals surface area contributed by atoms with Gasteiger partial charge in [-0.3, -0.25) is 0 Å². The Kier molecular flexibility index (Phi) is 4.54. The average molecular weight is 392 g/mol. The van der Waals surface area contributed by atoms with Gasteiger partial charge in [0, 0.05) is 13.6 Å². The Labute approximate surface area is 130 Å². The summed E-state index contributed by atoms with van der Waals surface area (Å²) in [7, 11) is 0. The zero-order chi connectivity index (χ0) is 13.3. The van der Waals surface area contributed by atoms with E-state index in [1.54, 1.807) is 12.1 Å². The average Bonchev–Trinajstić information content (AvgIpc) is 2.35. The van der Waals surface area contributed by atoms with Crippen LogP contribution in [0.1, 0.15) is 22.7 Å². The summed E-state index contributed by atoms with van der Waals surface area (Å²) in [4.78, 5) is 0. The van der Waals surface area contributed by atoms with Crippen molar-refractivity contribution < 1.29 is 0 Å². The van der Waals surface area contributed by atoms with E-state index >= 15 is 0 Å². The van der Waals surface area contributed by atoms with Crippen molar-refractivity contribution in [3.63, 3.8) is 0 Å². The van der Waals surface area contributed by atoms with Crippen LogP contribution in [0.15, 0.2) is 36.4 Å². The number of hydrogen-bond acceptors (Lipinski definition) is 1. The fraction of sp³-hybridized carbons (Fsp3) is 0.143. The molecule has 0 radical (unpaired) electrons. The molecule has 0 spiro atoms. The monoisotopic (exact) mass is 391 g/mol. The van der Waals surface area contributed by atoms with Gasteiger partial charge in [0.2, 0.25) is 0 Å². The second-order valence-corrected chi connectivity index (χ2v) is 6.04. The van der Waals surface area contributed by atoms with Gasteiger partial charge in [-0.2, -0.15) is 0 Å². The highest BCUT2D eigenvalue weighted by molar-refractivity contribution is 14.1. The van der Waals surface area contributed by atoms with E-state index < -0.39 is 0 Å². The van der Waals surface area contributed by atoms with Gasteiger partial charge in [-0.15, -0.1) is 0 Å². The van der Waals surface area contributed by atoms with Gasteiger partial charge in [-0.05, 0) is 64.4 Å². The molecule has 0 saturated carbocycles. The molecule has 0 bridgehead atoms. The van der Waals surface area contributed by atoms with Crippen LogP contribution in [0.3, 0.4) is 0 Å². The summed E-state index contributed by atoms with van der Waals surface area (Å²) in [5, 5.41) is 1.29. The molecule has 0 fully saturated rings. The molecule has 0 saturated heterocycles. The molecule has 0 amide bonds. The first-order valence-electron chi connectivity index (χ1n) is 5.46. The zero-order valence-corrected chi connectivity index (χ0v) is 13.4. The van der Waals surface area contributed by atoms with Gasteiger partial charge in [0.15, 0.2) is 0 Å². The van der Waals surface area contributed by atoms with Crippen molar-refractivity contribution in [1.29, 1.82) is 0 Å². The Morgan fingerprint density at radius 1 is 1.11 bits per heavy atom. The second kappa shape index (κ2) is 5.78. The predicted octanol–water partition coefficient (Wildman–Crippen LogP) is 4.95. The summed E-state index contributed by atoms with van der Waals surface area (Å²) in [6.07, 6.45) is 0. The molecule has 18 heavy (non-hydrogen) atoms. The maximum absolute atomic E-state index is 6.31. The van der Waals surface area contributed by atoms with E-state index in [-0.39, 0.29) is 6.04 Å². The molecule has 94 valence electrons. The topological polar surface area (TPSA) is 26.0 Å². The Morgan fingerprint density at radius 2 is 1.83 bits per heavy atom. The summed E-state index contributed by atoms with van der Waals surface area (Å²) < 4.78 is 1.17. The number of aryl methyl sites for hydroxylation is 1. The number of rotatable bonds is 2. The molecule has 0 aliphatic carbocycles. The SMILES string of the molecule is Cc1cccc(C(N)c2cc(Cl)ccc2Cl)c1I. The largest absolute Gasteiger partial charge is 0.320 e. The van der Waals surface area contributed by atoms with Gasteiger partial charge >= 0.3 is 0 Å². The molecule has 0 aliphatic rings. The number of halogens is 3. The van der Waals surface area contributed by atoms with Crippen LogP contribution in [-0.2, 0) is 0 Å². The van der Waals surface area contributed by atoms with E-state index in [0.717, 1.165) is 11.1 Å². The first-order chi connectivity index (χ1) is 8.50. The van der Waals surface area contributed by atoms with Crippen LogP contribution >= 0.6 is 45.8 Å². The predicted molar refractivity (Wildman–Crippen MR) is 86.4 cm³/mol. The molecule has 2 aromatic carbocycles. The number of benzene rings is 2. The molecule has 0 heterocycles. The first kappa shape index (κ1) is 14.1. The lowest BCUT2D eigenvalue weighted by molar-refractivity contribution is 0.863. The lowest BCUT2D eigenvalue weighted by atomic mass is 9.98. The Morgan fingerprint density at radius 3 is 2.56 bits per heavy atom. The summed E-state index contributed by atoms with van der Waals surface area (Å²) >= 11 is 14.5. The standard InChI is InChI=1S/C14H12Cl2IN/c1-8-3-2-4-10(13(8)17)14(18)11-7-9(15)5-6-12(11)16/h2-7,14H,18H2,1H3. The maximum Gasteiger partial charge on any atom is 0.0577 e. The van der Waals surface area contributed by atoms with Crippen LogP contribution in [-0.4, -0.2) is 0 Å². The van der Waals surface area contributed by atoms with Gasteiger partial charge in [-0.1, -0.05) is 41.4 Å². The third kappa shape index (κ3) is 2.82. The van der Waals surface area contributed by atoms with Gasteiger partial charge in [0.05, 0.1) is 6.04 Å². The van der Waals surface area contributed by atoms with Gasteiger partial charge < -0.3 is 5.73 Å². The third-order valence-corrected chi connectivity index (χ3v) is 4.90. The minimum atomic E-state index is -0.261. The van der Waals surface area contributed by atoms with E-state index in [1.165, 1.54) is 9.13 Å². The highest BCUT2D eigenvalue weighted by atomic mass is 127. The summed E-state index contributed by atoms with van der Waals surface area (Å²) in [6, 6.07) is 11.2. The quantitative estimate of drug-likeness (QED) is 0.719. The van der Waals surface area contributed by atoms with Crippen LogP contribution in [0.5, 0.6) is 0 Å². The Hall–Kier alpha value is -0.290. The molecular weight excluding hydrogens is 380 g/mol. The van der Waals surface area contributed by atoms with Crippen molar-refractivity contribution in [3.05, 3.63) is 66.7 Å². The van der Waals surface area contributed by atoms with Crippen molar-refractivity contribution in [1.82, 2.24) is 0 Å². The zero-order valence-electron chi connectivity index (χ0n) is 9.75. The minimum absolute atomic E-state index is 0.261. The highest BCUT2D eigenvalue weighted by Crippen LogP contribution is 2.32. The van der Waals surface area contributed by atoms with Crippen molar-refractivity contribution in [2.75, 3.05) is 0 Å². The molecule has 2 aromatic rings. The molecule has 1 atom stereocenters. The second-order valence-electron chi connectivity index (χ2n) is 4.12. The first-order valence-corrected chi connectivity index (χ1v) is 7.29. The van der Waals surface area contributed by atoms with Gasteiger partial charge in [0.1, 0.15) is 0 Å². The van der Waals surface area contributed by atoms with Gasteiger partial charge in [0.25, 0.3) is 0 Å². The van der Waals surface area contributed by atoms with E-state index in [9.17, 15) is 0 Å². The van der Waals surface area contributed by atoms with Gasteiger partial charge in [-0.25, -0.2) is 0 Å². The number of nitrogens with two attached hydrogens (primary N) is 1. The molecule has 1 unspecified atom stereocenters. The fourth-order valence-electron chi connectivity index (χ4n) is 1.83. The molecule has 1 nitrogen and oxygen atoms in total. The van der Waals surface area contributed by atoms with E-state index in [2.05, 4.69) is 35.6 Å². The van der Waals surface area contributed by atoms with E-state index in [0.29, 0.717) is 10.0 Å². The minimum Gasteiger partial charge on any atom is -0.320 e. The Balaban J connectivity index is 2.51. The normalized spacial score (nSPS) is 12.5.